The van der Waals surface area contributed by atoms with Crippen molar-refractivity contribution in [2.45, 2.75) is 32.4 Å². The summed E-state index contributed by atoms with van der Waals surface area (Å²) in [4.78, 5) is 27.4. The molecule has 0 N–H and O–H groups in total. The van der Waals surface area contributed by atoms with Crippen molar-refractivity contribution in [1.29, 1.82) is 0 Å². The van der Waals surface area contributed by atoms with Gasteiger partial charge in [0.05, 0.1) is 37.3 Å². The molecule has 4 rings (SSSR count). The summed E-state index contributed by atoms with van der Waals surface area (Å²) in [6, 6.07) is 4.70. The van der Waals surface area contributed by atoms with Gasteiger partial charge in [0.1, 0.15) is 17.0 Å². The highest BCUT2D eigenvalue weighted by Gasteiger charge is 2.33. The number of carbonyl (C=O) groups is 2. The first-order chi connectivity index (χ1) is 15.5. The highest BCUT2D eigenvalue weighted by molar-refractivity contribution is 6.41. The predicted molar refractivity (Wildman–Crippen MR) is 115 cm³/mol. The van der Waals surface area contributed by atoms with E-state index in [0.29, 0.717) is 50.4 Å². The van der Waals surface area contributed by atoms with Crippen LogP contribution in [0.2, 0.25) is 0 Å². The summed E-state index contributed by atoms with van der Waals surface area (Å²) in [5.74, 6) is -0.952. The number of hydrogen-bond acceptors (Lipinski definition) is 7. The monoisotopic (exact) mass is 463 g/mol. The number of anilines is 2. The van der Waals surface area contributed by atoms with E-state index in [1.54, 1.807) is 36.1 Å². The zero-order valence-corrected chi connectivity index (χ0v) is 18.3. The minimum atomic E-state index is -0.524. The number of amides is 1. The van der Waals surface area contributed by atoms with E-state index < -0.39 is 24.0 Å². The van der Waals surface area contributed by atoms with E-state index in [1.807, 2.05) is 4.90 Å². The van der Waals surface area contributed by atoms with Crippen LogP contribution in [0.3, 0.4) is 0 Å². The number of ether oxygens (including phenoxy) is 2. The number of rotatable bonds is 6. The van der Waals surface area contributed by atoms with Gasteiger partial charge >= 0.3 is 12.1 Å². The van der Waals surface area contributed by atoms with Gasteiger partial charge in [-0.1, -0.05) is 16.8 Å². The number of halogens is 2. The Morgan fingerprint density at radius 3 is 2.78 bits per heavy atom. The fourth-order valence-corrected chi connectivity index (χ4v) is 4.11. The van der Waals surface area contributed by atoms with Gasteiger partial charge in [-0.3, -0.25) is 4.90 Å². The smallest absolute Gasteiger partial charge is 0.414 e. The van der Waals surface area contributed by atoms with Gasteiger partial charge in [-0.2, -0.15) is 0 Å². The lowest BCUT2D eigenvalue weighted by Gasteiger charge is -2.31. The number of benzene rings is 1. The van der Waals surface area contributed by atoms with Gasteiger partial charge < -0.3 is 14.4 Å². The molecule has 0 bridgehead atoms. The van der Waals surface area contributed by atoms with Gasteiger partial charge in [0.2, 0.25) is 0 Å². The molecule has 1 aromatic heterocycles. The number of cyclic esters (lactones) is 1. The number of aromatic nitrogens is 3. The third-order valence-corrected chi connectivity index (χ3v) is 5.87. The van der Waals surface area contributed by atoms with Crippen molar-refractivity contribution < 1.29 is 23.5 Å². The summed E-state index contributed by atoms with van der Waals surface area (Å²) in [5, 5.41) is 7.72. The van der Waals surface area contributed by atoms with Crippen LogP contribution in [0.25, 0.3) is 0 Å². The topological polar surface area (TPSA) is 89.8 Å². The van der Waals surface area contributed by atoms with E-state index in [-0.39, 0.29) is 11.6 Å². The van der Waals surface area contributed by atoms with Gasteiger partial charge in [-0.05, 0) is 43.5 Å². The van der Waals surface area contributed by atoms with Gasteiger partial charge in [0.25, 0.3) is 0 Å². The molecule has 0 saturated carbocycles. The number of nitrogens with zero attached hydrogens (tertiary/aromatic N) is 5. The lowest BCUT2D eigenvalue weighted by Crippen LogP contribution is -2.32. The molecule has 2 aliphatic rings. The fourth-order valence-electron chi connectivity index (χ4n) is 3.86. The first-order valence-electron chi connectivity index (χ1n) is 10.4. The molecule has 3 heterocycles. The summed E-state index contributed by atoms with van der Waals surface area (Å²) in [5.41, 5.74) is 1.68. The summed E-state index contributed by atoms with van der Waals surface area (Å²) >= 11 is 6.13. The normalized spacial score (nSPS) is 18.7. The Balaban J connectivity index is 1.40. The van der Waals surface area contributed by atoms with Crippen LogP contribution in [-0.2, 0) is 20.8 Å². The van der Waals surface area contributed by atoms with Gasteiger partial charge in [0, 0.05) is 19.3 Å². The Hall–Kier alpha value is -3.14. The van der Waals surface area contributed by atoms with Crippen LogP contribution in [0.15, 0.2) is 41.2 Å². The van der Waals surface area contributed by atoms with E-state index >= 15 is 0 Å². The van der Waals surface area contributed by atoms with Crippen molar-refractivity contribution in [1.82, 2.24) is 15.0 Å². The molecule has 32 heavy (non-hydrogen) atoms. The minimum Gasteiger partial charge on any atom is -0.462 e. The molecule has 0 radical (unpaired) electrons. The molecule has 170 valence electrons. The third-order valence-electron chi connectivity index (χ3n) is 5.45. The quantitative estimate of drug-likeness (QED) is 0.480. The molecule has 2 aromatic rings. The van der Waals surface area contributed by atoms with E-state index in [2.05, 4.69) is 10.3 Å². The van der Waals surface area contributed by atoms with Crippen LogP contribution in [0, 0.1) is 5.82 Å². The molecule has 0 spiro atoms. The lowest BCUT2D eigenvalue weighted by atomic mass is 10.0. The van der Waals surface area contributed by atoms with Gasteiger partial charge in [0.15, 0.2) is 0 Å². The van der Waals surface area contributed by atoms with Crippen molar-refractivity contribution >= 4 is 35.0 Å². The van der Waals surface area contributed by atoms with Crippen LogP contribution in [-0.4, -0.2) is 59.4 Å². The fraction of sp³-hybridized carbons (Fsp3) is 0.429. The number of esters is 1. The highest BCUT2D eigenvalue weighted by atomic mass is 35.5. The summed E-state index contributed by atoms with van der Waals surface area (Å²) in [6.07, 6.45) is 3.39. The average molecular weight is 464 g/mol. The largest absolute Gasteiger partial charge is 0.462 e. The first kappa shape index (κ1) is 22.1. The zero-order chi connectivity index (χ0) is 22.7. The molecule has 1 aromatic carbocycles. The van der Waals surface area contributed by atoms with Crippen molar-refractivity contribution in [3.8, 4) is 0 Å². The Bertz CT molecular complexity index is 1020. The van der Waals surface area contributed by atoms with Crippen LogP contribution in [0.4, 0.5) is 20.6 Å². The third kappa shape index (κ3) is 4.69. The molecular formula is C21H23ClFN5O4. The zero-order valence-electron chi connectivity index (χ0n) is 17.5. The Morgan fingerprint density at radius 2 is 2.12 bits per heavy atom. The number of hydrogen-bond donors (Lipinski definition) is 0. The van der Waals surface area contributed by atoms with E-state index in [9.17, 15) is 14.0 Å². The first-order valence-corrected chi connectivity index (χ1v) is 10.8. The molecule has 1 atom stereocenters. The second kappa shape index (κ2) is 9.56. The SMILES string of the molecule is CCOC(=O)C(Cl)=C1CCN(c2ccc(N3C[C@H](Cn4ccnn4)OC3=O)cc2F)CC1. The average Bonchev–Trinajstić information content (AvgIpc) is 3.43. The molecular weight excluding hydrogens is 441 g/mol. The lowest BCUT2D eigenvalue weighted by molar-refractivity contribution is -0.137. The summed E-state index contributed by atoms with van der Waals surface area (Å²) in [7, 11) is 0. The molecule has 9 nitrogen and oxygen atoms in total. The van der Waals surface area contributed by atoms with Crippen LogP contribution in [0.5, 0.6) is 0 Å². The maximum absolute atomic E-state index is 14.9. The molecule has 1 amide bonds. The van der Waals surface area contributed by atoms with E-state index in [1.165, 1.54) is 11.0 Å². The van der Waals surface area contributed by atoms with E-state index in [0.717, 1.165) is 5.57 Å². The predicted octanol–water partition coefficient (Wildman–Crippen LogP) is 3.10. The minimum absolute atomic E-state index is 0.121. The summed E-state index contributed by atoms with van der Waals surface area (Å²) in [6.45, 7) is 3.70. The molecule has 11 heteroatoms. The van der Waals surface area contributed by atoms with Crippen molar-refractivity contribution in [3.63, 3.8) is 0 Å². The maximum atomic E-state index is 14.9. The second-order valence-corrected chi connectivity index (χ2v) is 7.88. The summed E-state index contributed by atoms with van der Waals surface area (Å²) < 4.78 is 26.8. The van der Waals surface area contributed by atoms with Crippen molar-refractivity contribution in [3.05, 3.63) is 47.0 Å². The standard InChI is InChI=1S/C21H23ClFN5O4/c1-2-31-20(29)19(22)14-5-8-26(9-6-14)18-4-3-15(11-17(18)23)28-13-16(32-21(28)30)12-27-10-7-24-25-27/h3-4,7,10-11,16H,2,5-6,8-9,12-13H2,1H3/t16-/m0/s1. The molecule has 0 aliphatic carbocycles. The van der Waals surface area contributed by atoms with Crippen molar-refractivity contribution in [2.75, 3.05) is 36.0 Å². The Labute approximate surface area is 189 Å². The molecule has 0 unspecified atom stereocenters. The number of carbonyl (C=O) groups excluding carboxylic acids is 2. The molecule has 2 fully saturated rings. The van der Waals surface area contributed by atoms with Gasteiger partial charge in [-0.25, -0.2) is 18.7 Å². The van der Waals surface area contributed by atoms with Gasteiger partial charge in [-0.15, -0.1) is 5.10 Å². The molecule has 2 aliphatic heterocycles. The number of piperidine rings is 1. The Kier molecular flexibility index (Phi) is 6.59. The van der Waals surface area contributed by atoms with Crippen molar-refractivity contribution in [2.24, 2.45) is 0 Å². The van der Waals surface area contributed by atoms with E-state index in [4.69, 9.17) is 21.1 Å². The molecule has 2 saturated heterocycles. The maximum Gasteiger partial charge on any atom is 0.414 e. The highest BCUT2D eigenvalue weighted by Crippen LogP contribution is 2.31. The second-order valence-electron chi connectivity index (χ2n) is 7.50. The van der Waals surface area contributed by atoms with Crippen LogP contribution in [0.1, 0.15) is 19.8 Å². The Morgan fingerprint density at radius 1 is 1.34 bits per heavy atom. The van der Waals surface area contributed by atoms with Crippen LogP contribution < -0.4 is 9.80 Å². The van der Waals surface area contributed by atoms with Crippen LogP contribution >= 0.6 is 11.6 Å².